The van der Waals surface area contributed by atoms with E-state index in [0.29, 0.717) is 6.42 Å². The Morgan fingerprint density at radius 1 is 1.03 bits per heavy atom. The van der Waals surface area contributed by atoms with Crippen LogP contribution >= 0.6 is 0 Å². The van der Waals surface area contributed by atoms with Gasteiger partial charge in [0.25, 0.3) is 0 Å². The maximum Gasteiger partial charge on any atom is 0.123 e. The van der Waals surface area contributed by atoms with E-state index in [4.69, 9.17) is 0 Å². The molecule has 0 spiro atoms. The summed E-state index contributed by atoms with van der Waals surface area (Å²) in [6, 6.07) is 17.0. The van der Waals surface area contributed by atoms with Crippen molar-refractivity contribution in [2.75, 3.05) is 39.8 Å². The largest absolute Gasteiger partial charge is 0.385 e. The molecule has 2 aromatic rings. The molecule has 2 atom stereocenters. The zero-order valence-corrected chi connectivity index (χ0v) is 18.6. The van der Waals surface area contributed by atoms with Gasteiger partial charge in [0, 0.05) is 45.1 Å². The van der Waals surface area contributed by atoms with E-state index in [-0.39, 0.29) is 11.7 Å². The number of hydrogen-bond acceptors (Lipinski definition) is 3. The molecule has 1 N–H and O–H groups in total. The van der Waals surface area contributed by atoms with Crippen LogP contribution in [0.1, 0.15) is 36.8 Å². The second-order valence-electron chi connectivity index (χ2n) is 9.36. The summed E-state index contributed by atoms with van der Waals surface area (Å²) in [6.45, 7) is 5.12. The summed E-state index contributed by atoms with van der Waals surface area (Å²) < 4.78 is 14.0. The maximum atomic E-state index is 14.0. The first kappa shape index (κ1) is 22.2. The van der Waals surface area contributed by atoms with Gasteiger partial charge >= 0.3 is 0 Å². The van der Waals surface area contributed by atoms with E-state index in [1.807, 2.05) is 24.3 Å². The van der Waals surface area contributed by atoms with E-state index < -0.39 is 5.60 Å². The van der Waals surface area contributed by atoms with Crippen molar-refractivity contribution in [2.45, 2.75) is 37.7 Å². The molecule has 1 aliphatic heterocycles. The van der Waals surface area contributed by atoms with Crippen molar-refractivity contribution in [1.82, 2.24) is 9.80 Å². The lowest BCUT2D eigenvalue weighted by atomic mass is 9.74. The standard InChI is InChI=1S/C27H35FN2O/c1-29-14-16-30(17-15-29)21-25-12-6-5-11-24(18-22-8-3-2-4-9-22)27(25,31)20-23-10-7-13-26(28)19-23/h2-4,7-10,13,18-19,25,31H,5-6,11-12,14-17,20-21H2,1H3/b24-18-. The molecule has 2 aromatic carbocycles. The van der Waals surface area contributed by atoms with Crippen LogP contribution in [0.25, 0.3) is 6.08 Å². The highest BCUT2D eigenvalue weighted by atomic mass is 19.1. The average Bonchev–Trinajstić information content (AvgIpc) is 2.90. The van der Waals surface area contributed by atoms with Crippen molar-refractivity contribution >= 4 is 6.08 Å². The van der Waals surface area contributed by atoms with Crippen LogP contribution in [0.2, 0.25) is 0 Å². The van der Waals surface area contributed by atoms with Gasteiger partial charge in [-0.05, 0) is 55.1 Å². The van der Waals surface area contributed by atoms with Crippen LogP contribution in [-0.4, -0.2) is 60.3 Å². The highest BCUT2D eigenvalue weighted by Crippen LogP contribution is 2.41. The van der Waals surface area contributed by atoms with Crippen LogP contribution in [0.15, 0.2) is 60.2 Å². The van der Waals surface area contributed by atoms with Gasteiger partial charge in [-0.1, -0.05) is 55.0 Å². The quantitative estimate of drug-likeness (QED) is 0.713. The molecule has 1 saturated heterocycles. The second-order valence-corrected chi connectivity index (χ2v) is 9.36. The van der Waals surface area contributed by atoms with Gasteiger partial charge in [-0.25, -0.2) is 4.39 Å². The zero-order chi connectivity index (χ0) is 21.7. The molecule has 4 heteroatoms. The van der Waals surface area contributed by atoms with Crippen LogP contribution in [0.5, 0.6) is 0 Å². The van der Waals surface area contributed by atoms with E-state index in [1.54, 1.807) is 12.1 Å². The third-order valence-electron chi connectivity index (χ3n) is 7.06. The summed E-state index contributed by atoms with van der Waals surface area (Å²) in [5.74, 6) is -0.101. The summed E-state index contributed by atoms with van der Waals surface area (Å²) in [6.07, 6.45) is 6.74. The van der Waals surface area contributed by atoms with Gasteiger partial charge in [-0.15, -0.1) is 0 Å². The summed E-state index contributed by atoms with van der Waals surface area (Å²) in [7, 11) is 2.17. The third kappa shape index (κ3) is 5.62. The normalized spacial score (nSPS) is 27.3. The molecular weight excluding hydrogens is 387 g/mol. The fourth-order valence-corrected chi connectivity index (χ4v) is 5.17. The van der Waals surface area contributed by atoms with Gasteiger partial charge in [0.1, 0.15) is 5.82 Å². The number of benzene rings is 2. The number of aliphatic hydroxyl groups is 1. The predicted octanol–water partition coefficient (Wildman–Crippen LogP) is 4.62. The highest BCUT2D eigenvalue weighted by molar-refractivity contribution is 5.55. The third-order valence-corrected chi connectivity index (χ3v) is 7.06. The Labute approximate surface area is 186 Å². The lowest BCUT2D eigenvalue weighted by Gasteiger charge is -2.42. The van der Waals surface area contributed by atoms with Crippen LogP contribution < -0.4 is 0 Å². The fraction of sp³-hybridized carbons (Fsp3) is 0.481. The zero-order valence-electron chi connectivity index (χ0n) is 18.6. The van der Waals surface area contributed by atoms with Crippen LogP contribution in [0.4, 0.5) is 4.39 Å². The first-order valence-electron chi connectivity index (χ1n) is 11.7. The van der Waals surface area contributed by atoms with E-state index in [1.165, 1.54) is 6.07 Å². The first-order chi connectivity index (χ1) is 15.0. The van der Waals surface area contributed by atoms with E-state index in [2.05, 4.69) is 35.1 Å². The predicted molar refractivity (Wildman–Crippen MR) is 125 cm³/mol. The Morgan fingerprint density at radius 2 is 1.81 bits per heavy atom. The molecule has 1 saturated carbocycles. The van der Waals surface area contributed by atoms with Gasteiger partial charge in [0.15, 0.2) is 0 Å². The average molecular weight is 423 g/mol. The second kappa shape index (κ2) is 10.1. The molecule has 0 aromatic heterocycles. The van der Waals surface area contributed by atoms with Gasteiger partial charge in [-0.3, -0.25) is 0 Å². The van der Waals surface area contributed by atoms with Crippen LogP contribution in [0.3, 0.4) is 0 Å². The molecule has 0 amide bonds. The number of halogens is 1. The number of rotatable bonds is 5. The van der Waals surface area contributed by atoms with Gasteiger partial charge < -0.3 is 14.9 Å². The molecule has 0 bridgehead atoms. The van der Waals surface area contributed by atoms with Gasteiger partial charge in [0.2, 0.25) is 0 Å². The molecule has 1 heterocycles. The Kier molecular flexibility index (Phi) is 7.21. The molecule has 2 fully saturated rings. The van der Waals surface area contributed by atoms with Crippen LogP contribution in [-0.2, 0) is 6.42 Å². The molecule has 0 radical (unpaired) electrons. The van der Waals surface area contributed by atoms with Crippen molar-refractivity contribution in [3.05, 3.63) is 77.1 Å². The van der Waals surface area contributed by atoms with E-state index >= 15 is 0 Å². The summed E-state index contributed by atoms with van der Waals surface area (Å²) >= 11 is 0. The lowest BCUT2D eigenvalue weighted by Crippen LogP contribution is -2.51. The van der Waals surface area contributed by atoms with Crippen molar-refractivity contribution in [1.29, 1.82) is 0 Å². The first-order valence-corrected chi connectivity index (χ1v) is 11.7. The molecule has 4 rings (SSSR count). The molecular formula is C27H35FN2O. The molecule has 1 aliphatic carbocycles. The van der Waals surface area contributed by atoms with Crippen molar-refractivity contribution in [2.24, 2.45) is 5.92 Å². The Balaban J connectivity index is 1.67. The number of likely N-dealkylation sites (N-methyl/N-ethyl adjacent to an activating group) is 1. The summed E-state index contributed by atoms with van der Waals surface area (Å²) in [5.41, 5.74) is 2.12. The SMILES string of the molecule is CN1CCN(CC2CCCC/C(=C/c3ccccc3)C2(O)Cc2cccc(F)c2)CC1. The Hall–Kier alpha value is -2.01. The van der Waals surface area contributed by atoms with Gasteiger partial charge in [0.05, 0.1) is 5.60 Å². The highest BCUT2D eigenvalue weighted by Gasteiger charge is 2.42. The molecule has 166 valence electrons. The van der Waals surface area contributed by atoms with Crippen molar-refractivity contribution < 1.29 is 9.50 Å². The summed E-state index contributed by atoms with van der Waals surface area (Å²) in [4.78, 5) is 4.87. The van der Waals surface area contributed by atoms with E-state index in [9.17, 15) is 9.50 Å². The smallest absolute Gasteiger partial charge is 0.123 e. The molecule has 2 aliphatic rings. The van der Waals surface area contributed by atoms with Crippen molar-refractivity contribution in [3.63, 3.8) is 0 Å². The Bertz CT molecular complexity index is 876. The van der Waals surface area contributed by atoms with Gasteiger partial charge in [-0.2, -0.15) is 0 Å². The maximum absolute atomic E-state index is 14.0. The molecule has 31 heavy (non-hydrogen) atoms. The lowest BCUT2D eigenvalue weighted by molar-refractivity contribution is -0.00646. The number of nitrogens with zero attached hydrogens (tertiary/aromatic N) is 2. The number of hydrogen-bond donors (Lipinski definition) is 1. The summed E-state index contributed by atoms with van der Waals surface area (Å²) in [5, 5.41) is 12.3. The number of piperazine rings is 1. The molecule has 3 nitrogen and oxygen atoms in total. The van der Waals surface area contributed by atoms with E-state index in [0.717, 1.165) is 75.1 Å². The molecule has 2 unspecified atom stereocenters. The monoisotopic (exact) mass is 422 g/mol. The minimum Gasteiger partial charge on any atom is -0.385 e. The van der Waals surface area contributed by atoms with Crippen LogP contribution in [0, 0.1) is 11.7 Å². The minimum atomic E-state index is -0.969. The minimum absolute atomic E-state index is 0.136. The topological polar surface area (TPSA) is 26.7 Å². The van der Waals surface area contributed by atoms with Crippen molar-refractivity contribution in [3.8, 4) is 0 Å². The fourth-order valence-electron chi connectivity index (χ4n) is 5.17. The Morgan fingerprint density at radius 3 is 2.55 bits per heavy atom.